The topological polar surface area (TPSA) is 102 Å². The van der Waals surface area contributed by atoms with Gasteiger partial charge in [0.2, 0.25) is 0 Å². The molecule has 0 heterocycles. The Labute approximate surface area is 182 Å². The molecule has 0 aliphatic carbocycles. The van der Waals surface area contributed by atoms with Crippen molar-refractivity contribution in [2.24, 2.45) is 5.92 Å². The van der Waals surface area contributed by atoms with Gasteiger partial charge in [-0.3, -0.25) is 9.59 Å². The third kappa shape index (κ3) is 9.33. The van der Waals surface area contributed by atoms with E-state index >= 15 is 0 Å². The van der Waals surface area contributed by atoms with E-state index in [2.05, 4.69) is 5.32 Å². The number of amides is 1. The minimum absolute atomic E-state index is 0.178. The number of esters is 1. The minimum Gasteiger partial charge on any atom is -0.481 e. The molecule has 0 saturated carbocycles. The molecule has 1 amide bonds. The van der Waals surface area contributed by atoms with Gasteiger partial charge in [-0.25, -0.2) is 4.79 Å². The van der Waals surface area contributed by atoms with Gasteiger partial charge < -0.3 is 19.9 Å². The van der Waals surface area contributed by atoms with Crippen LogP contribution in [0.15, 0.2) is 54.6 Å². The molecule has 0 bridgehead atoms. The van der Waals surface area contributed by atoms with E-state index in [1.54, 1.807) is 32.9 Å². The summed E-state index contributed by atoms with van der Waals surface area (Å²) in [6, 6.07) is 16.6. The molecule has 2 aromatic carbocycles. The molecule has 0 saturated heterocycles. The molecule has 0 fully saturated rings. The highest BCUT2D eigenvalue weighted by Crippen LogP contribution is 2.18. The Morgan fingerprint density at radius 2 is 1.61 bits per heavy atom. The highest BCUT2D eigenvalue weighted by Gasteiger charge is 2.25. The Morgan fingerprint density at radius 3 is 2.26 bits per heavy atom. The second-order valence-corrected chi connectivity index (χ2v) is 8.27. The fraction of sp³-hybridized carbons (Fsp3) is 0.375. The van der Waals surface area contributed by atoms with Crippen LogP contribution in [0.25, 0.3) is 0 Å². The fourth-order valence-electron chi connectivity index (χ4n) is 2.93. The molecular weight excluding hydrogens is 398 g/mol. The predicted molar refractivity (Wildman–Crippen MR) is 115 cm³/mol. The zero-order valence-corrected chi connectivity index (χ0v) is 18.1. The summed E-state index contributed by atoms with van der Waals surface area (Å²) >= 11 is 0. The van der Waals surface area contributed by atoms with E-state index in [4.69, 9.17) is 9.47 Å². The number of rotatable bonds is 9. The van der Waals surface area contributed by atoms with Crippen LogP contribution in [-0.2, 0) is 38.6 Å². The molecule has 2 aromatic rings. The number of benzene rings is 2. The normalized spacial score (nSPS) is 12.0. The van der Waals surface area contributed by atoms with E-state index in [-0.39, 0.29) is 26.0 Å². The van der Waals surface area contributed by atoms with E-state index in [0.717, 1.165) is 16.7 Å². The van der Waals surface area contributed by atoms with Crippen molar-refractivity contribution in [3.8, 4) is 0 Å². The van der Waals surface area contributed by atoms with Gasteiger partial charge in [-0.15, -0.1) is 0 Å². The van der Waals surface area contributed by atoms with Crippen LogP contribution in [0.4, 0.5) is 4.79 Å². The smallest absolute Gasteiger partial charge is 0.407 e. The van der Waals surface area contributed by atoms with Crippen LogP contribution in [0, 0.1) is 5.92 Å². The van der Waals surface area contributed by atoms with E-state index in [0.29, 0.717) is 0 Å². The second kappa shape index (κ2) is 11.2. The van der Waals surface area contributed by atoms with Crippen LogP contribution >= 0.6 is 0 Å². The lowest BCUT2D eigenvalue weighted by Crippen LogP contribution is -2.28. The molecule has 166 valence electrons. The second-order valence-electron chi connectivity index (χ2n) is 8.27. The Bertz CT molecular complexity index is 888. The molecule has 0 aliphatic rings. The maximum Gasteiger partial charge on any atom is 0.407 e. The number of carboxylic acid groups (broad SMARTS) is 1. The lowest BCUT2D eigenvalue weighted by Gasteiger charge is -2.21. The number of hydrogen-bond donors (Lipinski definition) is 2. The first-order valence-electron chi connectivity index (χ1n) is 10.1. The van der Waals surface area contributed by atoms with Crippen molar-refractivity contribution in [3.05, 3.63) is 71.3 Å². The number of aliphatic carboxylic acids is 1. The molecular formula is C24H29NO6. The van der Waals surface area contributed by atoms with E-state index in [1.807, 2.05) is 42.5 Å². The van der Waals surface area contributed by atoms with Gasteiger partial charge in [-0.05, 0) is 43.9 Å². The molecule has 0 aliphatic heterocycles. The van der Waals surface area contributed by atoms with Crippen molar-refractivity contribution >= 4 is 18.0 Å². The molecule has 0 spiro atoms. The molecule has 0 aromatic heterocycles. The first kappa shape index (κ1) is 23.9. The summed E-state index contributed by atoms with van der Waals surface area (Å²) in [5.41, 5.74) is 1.79. The number of carbonyl (C=O) groups excluding carboxylic acids is 2. The number of carboxylic acids is 1. The van der Waals surface area contributed by atoms with Crippen molar-refractivity contribution in [1.29, 1.82) is 0 Å². The summed E-state index contributed by atoms with van der Waals surface area (Å²) in [6.45, 7) is 5.63. The summed E-state index contributed by atoms with van der Waals surface area (Å²) in [5.74, 6) is -2.49. The monoisotopic (exact) mass is 427 g/mol. The predicted octanol–water partition coefficient (Wildman–Crippen LogP) is 4.09. The van der Waals surface area contributed by atoms with Crippen LogP contribution in [0.2, 0.25) is 0 Å². The molecule has 0 radical (unpaired) electrons. The minimum atomic E-state index is -1.06. The molecule has 7 nitrogen and oxygen atoms in total. The van der Waals surface area contributed by atoms with Crippen molar-refractivity contribution < 1.29 is 29.0 Å². The van der Waals surface area contributed by atoms with Gasteiger partial charge in [0.1, 0.15) is 12.2 Å². The largest absolute Gasteiger partial charge is 0.481 e. The highest BCUT2D eigenvalue weighted by atomic mass is 16.6. The first-order chi connectivity index (χ1) is 14.6. The fourth-order valence-corrected chi connectivity index (χ4v) is 2.93. The van der Waals surface area contributed by atoms with Crippen molar-refractivity contribution in [2.75, 3.05) is 0 Å². The van der Waals surface area contributed by atoms with Gasteiger partial charge in [0.05, 0.1) is 12.3 Å². The Morgan fingerprint density at radius 1 is 0.968 bits per heavy atom. The third-order valence-corrected chi connectivity index (χ3v) is 4.31. The van der Waals surface area contributed by atoms with Gasteiger partial charge >= 0.3 is 18.0 Å². The molecule has 2 N–H and O–H groups in total. The zero-order valence-electron chi connectivity index (χ0n) is 18.1. The summed E-state index contributed by atoms with van der Waals surface area (Å²) in [6.07, 6.45) is -0.565. The van der Waals surface area contributed by atoms with E-state index in [9.17, 15) is 19.5 Å². The molecule has 2 rings (SSSR count). The molecule has 0 unspecified atom stereocenters. The number of carbonyl (C=O) groups is 3. The van der Waals surface area contributed by atoms with Crippen molar-refractivity contribution in [3.63, 3.8) is 0 Å². The van der Waals surface area contributed by atoms with Crippen molar-refractivity contribution in [1.82, 2.24) is 5.32 Å². The third-order valence-electron chi connectivity index (χ3n) is 4.31. The number of hydrogen-bond acceptors (Lipinski definition) is 5. The summed E-state index contributed by atoms with van der Waals surface area (Å²) < 4.78 is 10.4. The highest BCUT2D eigenvalue weighted by molar-refractivity contribution is 5.79. The Kier molecular flexibility index (Phi) is 8.61. The van der Waals surface area contributed by atoms with Gasteiger partial charge in [0.15, 0.2) is 0 Å². The van der Waals surface area contributed by atoms with Gasteiger partial charge in [-0.2, -0.15) is 0 Å². The number of nitrogens with one attached hydrogen (secondary N) is 1. The van der Waals surface area contributed by atoms with Gasteiger partial charge in [0.25, 0.3) is 0 Å². The standard InChI is InChI=1S/C24H29NO6/c1-24(2,3)31-21(26)14-20(22(27)28)13-18-10-7-11-19(12-18)15-25-23(29)30-16-17-8-5-4-6-9-17/h4-12,20H,13-16H2,1-3H3,(H,25,29)(H,27,28)/t20-/m0/s1. The number of alkyl carbamates (subject to hydrolysis) is 1. The lowest BCUT2D eigenvalue weighted by atomic mass is 9.95. The molecule has 1 atom stereocenters. The number of ether oxygens (including phenoxy) is 2. The molecule has 7 heteroatoms. The van der Waals surface area contributed by atoms with Crippen LogP contribution < -0.4 is 5.32 Å². The summed E-state index contributed by atoms with van der Waals surface area (Å²) in [4.78, 5) is 35.6. The van der Waals surface area contributed by atoms with Gasteiger partial charge in [0, 0.05) is 6.54 Å². The SMILES string of the molecule is CC(C)(C)OC(=O)C[C@H](Cc1cccc(CNC(=O)OCc2ccccc2)c1)C(=O)O. The zero-order chi connectivity index (χ0) is 22.9. The summed E-state index contributed by atoms with van der Waals surface area (Å²) in [7, 11) is 0. The van der Waals surface area contributed by atoms with Crippen LogP contribution in [-0.4, -0.2) is 28.7 Å². The van der Waals surface area contributed by atoms with E-state index in [1.165, 1.54) is 0 Å². The average Bonchev–Trinajstić information content (AvgIpc) is 2.70. The van der Waals surface area contributed by atoms with Crippen LogP contribution in [0.5, 0.6) is 0 Å². The molecule has 31 heavy (non-hydrogen) atoms. The Balaban J connectivity index is 1.88. The first-order valence-corrected chi connectivity index (χ1v) is 10.1. The van der Waals surface area contributed by atoms with Crippen LogP contribution in [0.3, 0.4) is 0 Å². The average molecular weight is 427 g/mol. The maximum absolute atomic E-state index is 12.0. The lowest BCUT2D eigenvalue weighted by molar-refractivity contribution is -0.159. The quantitative estimate of drug-likeness (QED) is 0.585. The van der Waals surface area contributed by atoms with Crippen LogP contribution in [0.1, 0.15) is 43.9 Å². The van der Waals surface area contributed by atoms with E-state index < -0.39 is 29.6 Å². The Hall–Kier alpha value is -3.35. The van der Waals surface area contributed by atoms with Crippen molar-refractivity contribution in [2.45, 2.75) is 52.4 Å². The summed E-state index contributed by atoms with van der Waals surface area (Å²) in [5, 5.41) is 12.2. The van der Waals surface area contributed by atoms with Gasteiger partial charge in [-0.1, -0.05) is 54.6 Å². The maximum atomic E-state index is 12.0.